The monoisotopic (exact) mass is 239 g/mol. The third kappa shape index (κ3) is 2.27. The molecule has 2 aromatic rings. The van der Waals surface area contributed by atoms with E-state index in [-0.39, 0.29) is 11.0 Å². The molecule has 1 atom stereocenters. The number of nitrogens with zero attached hydrogens (tertiary/aromatic N) is 1. The van der Waals surface area contributed by atoms with E-state index in [4.69, 9.17) is 13.9 Å². The Morgan fingerprint density at radius 3 is 2.94 bits per heavy atom. The zero-order chi connectivity index (χ0) is 11.5. The lowest BCUT2D eigenvalue weighted by Gasteiger charge is -2.03. The van der Waals surface area contributed by atoms with Crippen molar-refractivity contribution < 1.29 is 18.7 Å². The molecular formula is C10H9NO4S. The van der Waals surface area contributed by atoms with Gasteiger partial charge < -0.3 is 13.9 Å². The van der Waals surface area contributed by atoms with Crippen LogP contribution >= 0.6 is 11.8 Å². The Labute approximate surface area is 95.5 Å². The molecule has 1 unspecified atom stereocenters. The van der Waals surface area contributed by atoms with Crippen molar-refractivity contribution >= 4 is 17.7 Å². The second-order valence-electron chi connectivity index (χ2n) is 3.07. The van der Waals surface area contributed by atoms with Crippen LogP contribution in [0.25, 0.3) is 0 Å². The number of carbonyl (C=O) groups is 1. The summed E-state index contributed by atoms with van der Waals surface area (Å²) < 4.78 is 10.2. The highest BCUT2D eigenvalue weighted by Crippen LogP contribution is 2.34. The Hall–Kier alpha value is -1.69. The van der Waals surface area contributed by atoms with Gasteiger partial charge in [0.2, 0.25) is 5.76 Å². The van der Waals surface area contributed by atoms with Crippen LogP contribution in [0.4, 0.5) is 0 Å². The van der Waals surface area contributed by atoms with Crippen LogP contribution in [0.2, 0.25) is 0 Å². The highest BCUT2D eigenvalue weighted by molar-refractivity contribution is 7.99. The maximum Gasteiger partial charge on any atom is 0.371 e. The Balaban J connectivity index is 2.08. The molecule has 0 spiro atoms. The first-order valence-electron chi connectivity index (χ1n) is 4.56. The van der Waals surface area contributed by atoms with E-state index < -0.39 is 5.97 Å². The van der Waals surface area contributed by atoms with Gasteiger partial charge in [0.1, 0.15) is 12.0 Å². The molecule has 0 saturated carbocycles. The number of carboxylic acids is 1. The van der Waals surface area contributed by atoms with Crippen molar-refractivity contribution in [2.45, 2.75) is 17.4 Å². The highest BCUT2D eigenvalue weighted by Gasteiger charge is 2.16. The molecule has 5 nitrogen and oxygen atoms in total. The third-order valence-corrected chi connectivity index (χ3v) is 2.91. The van der Waals surface area contributed by atoms with Crippen molar-refractivity contribution in [2.24, 2.45) is 0 Å². The van der Waals surface area contributed by atoms with Crippen LogP contribution in [0, 0.1) is 0 Å². The quantitative estimate of drug-likeness (QED) is 0.827. The smallest absolute Gasteiger partial charge is 0.371 e. The number of rotatable bonds is 4. The molecule has 0 radical (unpaired) electrons. The fourth-order valence-corrected chi connectivity index (χ4v) is 1.94. The number of hydrogen-bond donors (Lipinski definition) is 1. The van der Waals surface area contributed by atoms with E-state index in [1.165, 1.54) is 24.1 Å². The molecule has 0 saturated heterocycles. The molecule has 0 aliphatic heterocycles. The van der Waals surface area contributed by atoms with Gasteiger partial charge in [-0.15, -0.1) is 0 Å². The SMILES string of the molecule is CC(Sc1ncco1)c1ccc(C(=O)O)o1. The second-order valence-corrected chi connectivity index (χ2v) is 4.36. The summed E-state index contributed by atoms with van der Waals surface area (Å²) in [6.07, 6.45) is 3.04. The fraction of sp³-hybridized carbons (Fsp3) is 0.200. The maximum atomic E-state index is 10.6. The van der Waals surface area contributed by atoms with E-state index in [2.05, 4.69) is 4.98 Å². The molecule has 0 aliphatic carbocycles. The summed E-state index contributed by atoms with van der Waals surface area (Å²) in [4.78, 5) is 14.6. The first-order chi connectivity index (χ1) is 7.66. The van der Waals surface area contributed by atoms with E-state index in [0.717, 1.165) is 0 Å². The number of carboxylic acid groups (broad SMARTS) is 1. The first-order valence-corrected chi connectivity index (χ1v) is 5.44. The average Bonchev–Trinajstić information content (AvgIpc) is 2.86. The van der Waals surface area contributed by atoms with Gasteiger partial charge in [-0.1, -0.05) is 11.8 Å². The van der Waals surface area contributed by atoms with Crippen LogP contribution in [-0.2, 0) is 0 Å². The van der Waals surface area contributed by atoms with Gasteiger partial charge in [-0.2, -0.15) is 0 Å². The lowest BCUT2D eigenvalue weighted by atomic mass is 10.3. The van der Waals surface area contributed by atoms with Gasteiger partial charge in [0.05, 0.1) is 11.4 Å². The summed E-state index contributed by atoms with van der Waals surface area (Å²) in [5.74, 6) is -0.546. The van der Waals surface area contributed by atoms with Gasteiger partial charge in [0.15, 0.2) is 0 Å². The van der Waals surface area contributed by atoms with Gasteiger partial charge >= 0.3 is 5.97 Å². The summed E-state index contributed by atoms with van der Waals surface area (Å²) >= 11 is 1.36. The van der Waals surface area contributed by atoms with Gasteiger partial charge in [-0.3, -0.25) is 0 Å². The van der Waals surface area contributed by atoms with Crippen molar-refractivity contribution in [2.75, 3.05) is 0 Å². The third-order valence-electron chi connectivity index (χ3n) is 1.93. The lowest BCUT2D eigenvalue weighted by Crippen LogP contribution is -1.92. The van der Waals surface area contributed by atoms with Crippen LogP contribution in [0.3, 0.4) is 0 Å². The predicted molar refractivity (Wildman–Crippen MR) is 56.4 cm³/mol. The number of aromatic nitrogens is 1. The Morgan fingerprint density at radius 2 is 2.38 bits per heavy atom. The van der Waals surface area contributed by atoms with Crippen LogP contribution in [-0.4, -0.2) is 16.1 Å². The second kappa shape index (κ2) is 4.44. The predicted octanol–water partition coefficient (Wildman–Crippen LogP) is 2.82. The average molecular weight is 239 g/mol. The lowest BCUT2D eigenvalue weighted by molar-refractivity contribution is 0.0660. The number of oxazole rings is 1. The molecule has 1 N–H and O–H groups in total. The minimum Gasteiger partial charge on any atom is -0.475 e. The minimum atomic E-state index is -1.07. The van der Waals surface area contributed by atoms with Crippen LogP contribution in [0.5, 0.6) is 0 Å². The summed E-state index contributed by atoms with van der Waals surface area (Å²) in [6, 6.07) is 3.08. The minimum absolute atomic E-state index is 0.0493. The zero-order valence-corrected chi connectivity index (χ0v) is 9.23. The Kier molecular flexibility index (Phi) is 3.00. The molecule has 2 aromatic heterocycles. The van der Waals surface area contributed by atoms with E-state index in [1.807, 2.05) is 6.92 Å². The molecule has 0 fully saturated rings. The van der Waals surface area contributed by atoms with Gasteiger partial charge in [-0.05, 0) is 19.1 Å². The van der Waals surface area contributed by atoms with Gasteiger partial charge in [-0.25, -0.2) is 9.78 Å². The zero-order valence-electron chi connectivity index (χ0n) is 8.41. The number of thioether (sulfide) groups is 1. The molecule has 2 heterocycles. The maximum absolute atomic E-state index is 10.6. The molecule has 84 valence electrons. The van der Waals surface area contributed by atoms with Crippen molar-refractivity contribution in [1.82, 2.24) is 4.98 Å². The summed E-state index contributed by atoms with van der Waals surface area (Å²) in [5, 5.41) is 9.18. The molecule has 16 heavy (non-hydrogen) atoms. The number of aromatic carboxylic acids is 1. The topological polar surface area (TPSA) is 76.5 Å². The first kappa shape index (κ1) is 10.8. The standard InChI is InChI=1S/C10H9NO4S/c1-6(16-10-11-4-5-14-10)7-2-3-8(15-7)9(12)13/h2-6H,1H3,(H,12,13). The summed E-state index contributed by atoms with van der Waals surface area (Å²) in [7, 11) is 0. The molecule has 0 aliphatic rings. The van der Waals surface area contributed by atoms with Crippen molar-refractivity contribution in [3.05, 3.63) is 36.1 Å². The number of hydrogen-bond acceptors (Lipinski definition) is 5. The van der Waals surface area contributed by atoms with Crippen LogP contribution < -0.4 is 0 Å². The van der Waals surface area contributed by atoms with Crippen molar-refractivity contribution in [3.63, 3.8) is 0 Å². The normalized spacial score (nSPS) is 12.6. The summed E-state index contributed by atoms with van der Waals surface area (Å²) in [6.45, 7) is 1.89. The van der Waals surface area contributed by atoms with E-state index in [9.17, 15) is 4.79 Å². The molecule has 6 heteroatoms. The summed E-state index contributed by atoms with van der Waals surface area (Å²) in [5.41, 5.74) is 0. The van der Waals surface area contributed by atoms with Crippen molar-refractivity contribution in [3.8, 4) is 0 Å². The molecular weight excluding hydrogens is 230 g/mol. The fourth-order valence-electron chi connectivity index (χ4n) is 1.16. The van der Waals surface area contributed by atoms with E-state index in [0.29, 0.717) is 11.0 Å². The number of furan rings is 1. The Morgan fingerprint density at radius 1 is 1.56 bits per heavy atom. The van der Waals surface area contributed by atoms with Gasteiger partial charge in [0, 0.05) is 0 Å². The largest absolute Gasteiger partial charge is 0.475 e. The van der Waals surface area contributed by atoms with Crippen molar-refractivity contribution in [1.29, 1.82) is 0 Å². The molecule has 0 bridgehead atoms. The molecule has 0 amide bonds. The molecule has 2 rings (SSSR count). The highest BCUT2D eigenvalue weighted by atomic mass is 32.2. The van der Waals surface area contributed by atoms with Crippen LogP contribution in [0.1, 0.15) is 28.5 Å². The van der Waals surface area contributed by atoms with Gasteiger partial charge in [0.25, 0.3) is 5.22 Å². The molecule has 0 aromatic carbocycles. The Bertz CT molecular complexity index is 477. The van der Waals surface area contributed by atoms with Crippen LogP contribution in [0.15, 0.2) is 38.6 Å². The van der Waals surface area contributed by atoms with E-state index in [1.54, 1.807) is 12.3 Å². The van der Waals surface area contributed by atoms with E-state index >= 15 is 0 Å².